The van der Waals surface area contributed by atoms with E-state index in [0.29, 0.717) is 0 Å². The Morgan fingerprint density at radius 3 is 2.79 bits per heavy atom. The van der Waals surface area contributed by atoms with E-state index in [1.165, 1.54) is 16.7 Å². The molecule has 1 aliphatic heterocycles. The summed E-state index contributed by atoms with van der Waals surface area (Å²) in [5, 5.41) is 0. The van der Waals surface area contributed by atoms with Crippen LogP contribution in [0, 0.1) is 0 Å². The van der Waals surface area contributed by atoms with E-state index in [-0.39, 0.29) is 0 Å². The summed E-state index contributed by atoms with van der Waals surface area (Å²) in [6.45, 7) is 2.67. The smallest absolute Gasteiger partial charge is 0.122 e. The second kappa shape index (κ2) is 8.02. The minimum absolute atomic E-state index is 0.844. The van der Waals surface area contributed by atoms with Gasteiger partial charge in [0.1, 0.15) is 11.5 Å². The molecule has 1 aliphatic rings. The maximum atomic E-state index is 5.76. The van der Waals surface area contributed by atoms with E-state index < -0.39 is 0 Å². The number of likely N-dealkylation sites (N-methyl/N-ethyl adjacent to an activating group) is 1. The molecule has 3 nitrogen and oxygen atoms in total. The third-order valence-electron chi connectivity index (χ3n) is 4.28. The highest BCUT2D eigenvalue weighted by Gasteiger charge is 2.10. The maximum Gasteiger partial charge on any atom is 0.122 e. The Labute approximate surface area is 144 Å². The maximum absolute atomic E-state index is 5.76. The average Bonchev–Trinajstić information content (AvgIpc) is 2.62. The molecule has 0 aromatic heterocycles. The molecule has 3 rings (SSSR count). The van der Waals surface area contributed by atoms with Crippen molar-refractivity contribution >= 4 is 6.08 Å². The summed E-state index contributed by atoms with van der Waals surface area (Å²) >= 11 is 0. The standard InChI is InChI=1S/C21H25NO2/c1-22(13-3-5-17-8-11-20(23-2)12-9-17)16-18-7-10-19-6-4-14-24-21(19)15-18/h3,5,7-12,15H,4,6,13-14,16H2,1-2H3/b5-3+. The Kier molecular flexibility index (Phi) is 5.55. The van der Waals surface area contributed by atoms with E-state index in [2.05, 4.69) is 54.4 Å². The van der Waals surface area contributed by atoms with Crippen molar-refractivity contribution in [3.8, 4) is 11.5 Å². The van der Waals surface area contributed by atoms with Gasteiger partial charge in [-0.2, -0.15) is 0 Å². The van der Waals surface area contributed by atoms with E-state index in [1.54, 1.807) is 7.11 Å². The van der Waals surface area contributed by atoms with Crippen LogP contribution in [-0.2, 0) is 13.0 Å². The molecule has 0 spiro atoms. The van der Waals surface area contributed by atoms with Crippen LogP contribution < -0.4 is 9.47 Å². The van der Waals surface area contributed by atoms with Crippen LogP contribution in [0.2, 0.25) is 0 Å². The van der Waals surface area contributed by atoms with Crippen molar-refractivity contribution in [2.24, 2.45) is 0 Å². The number of benzene rings is 2. The average molecular weight is 323 g/mol. The van der Waals surface area contributed by atoms with Crippen molar-refractivity contribution < 1.29 is 9.47 Å². The summed E-state index contributed by atoms with van der Waals surface area (Å²) in [5.41, 5.74) is 3.83. The van der Waals surface area contributed by atoms with Crippen LogP contribution in [0.1, 0.15) is 23.1 Å². The quantitative estimate of drug-likeness (QED) is 0.796. The van der Waals surface area contributed by atoms with Crippen molar-refractivity contribution in [1.82, 2.24) is 4.90 Å². The van der Waals surface area contributed by atoms with Gasteiger partial charge in [0.25, 0.3) is 0 Å². The van der Waals surface area contributed by atoms with Crippen LogP contribution in [0.25, 0.3) is 6.08 Å². The van der Waals surface area contributed by atoms with Gasteiger partial charge >= 0.3 is 0 Å². The second-order valence-corrected chi connectivity index (χ2v) is 6.27. The Hall–Kier alpha value is -2.26. The van der Waals surface area contributed by atoms with Crippen LogP contribution >= 0.6 is 0 Å². The molecule has 0 fully saturated rings. The van der Waals surface area contributed by atoms with Crippen LogP contribution in [0.3, 0.4) is 0 Å². The Morgan fingerprint density at radius 2 is 2.00 bits per heavy atom. The molecule has 0 saturated carbocycles. The summed E-state index contributed by atoms with van der Waals surface area (Å²) in [6.07, 6.45) is 6.60. The van der Waals surface area contributed by atoms with Crippen LogP contribution in [0.15, 0.2) is 48.5 Å². The molecule has 1 heterocycles. The Bertz CT molecular complexity index is 691. The minimum Gasteiger partial charge on any atom is -0.497 e. The van der Waals surface area contributed by atoms with Gasteiger partial charge in [-0.1, -0.05) is 36.4 Å². The highest BCUT2D eigenvalue weighted by atomic mass is 16.5. The first-order valence-electron chi connectivity index (χ1n) is 8.48. The molecule has 126 valence electrons. The predicted octanol–water partition coefficient (Wildman–Crippen LogP) is 4.17. The number of rotatable bonds is 6. The third-order valence-corrected chi connectivity index (χ3v) is 4.28. The first-order chi connectivity index (χ1) is 11.7. The Balaban J connectivity index is 1.53. The summed E-state index contributed by atoms with van der Waals surface area (Å²) in [6, 6.07) is 14.7. The normalized spacial score (nSPS) is 13.8. The number of hydrogen-bond donors (Lipinski definition) is 0. The van der Waals surface area contributed by atoms with Gasteiger partial charge in [-0.3, -0.25) is 4.90 Å². The number of aryl methyl sites for hydroxylation is 1. The molecule has 2 aromatic rings. The second-order valence-electron chi connectivity index (χ2n) is 6.27. The van der Waals surface area contributed by atoms with Gasteiger partial charge in [-0.25, -0.2) is 0 Å². The van der Waals surface area contributed by atoms with Crippen molar-refractivity contribution in [3.05, 3.63) is 65.2 Å². The molecule has 3 heteroatoms. The molecule has 0 amide bonds. The van der Waals surface area contributed by atoms with E-state index in [0.717, 1.165) is 44.0 Å². The number of methoxy groups -OCH3 is 1. The SMILES string of the molecule is COc1ccc(/C=C/CN(C)Cc2ccc3c(c2)OCCC3)cc1. The fourth-order valence-electron chi connectivity index (χ4n) is 2.94. The number of fused-ring (bicyclic) bond motifs is 1. The van der Waals surface area contributed by atoms with Crippen molar-refractivity contribution in [2.75, 3.05) is 27.3 Å². The zero-order valence-corrected chi connectivity index (χ0v) is 14.5. The largest absolute Gasteiger partial charge is 0.497 e. The van der Waals surface area contributed by atoms with Crippen LogP contribution in [-0.4, -0.2) is 32.2 Å². The van der Waals surface area contributed by atoms with Crippen LogP contribution in [0.4, 0.5) is 0 Å². The molecule has 2 aromatic carbocycles. The van der Waals surface area contributed by atoms with Gasteiger partial charge < -0.3 is 9.47 Å². The topological polar surface area (TPSA) is 21.7 Å². The lowest BCUT2D eigenvalue weighted by Crippen LogP contribution is -2.18. The van der Waals surface area contributed by atoms with Gasteiger partial charge in [0, 0.05) is 13.1 Å². The fourth-order valence-corrected chi connectivity index (χ4v) is 2.94. The number of nitrogens with zero attached hydrogens (tertiary/aromatic N) is 1. The highest BCUT2D eigenvalue weighted by molar-refractivity contribution is 5.50. The molecule has 0 bridgehead atoms. The van der Waals surface area contributed by atoms with Crippen molar-refractivity contribution in [3.63, 3.8) is 0 Å². The van der Waals surface area contributed by atoms with E-state index in [4.69, 9.17) is 9.47 Å². The fraction of sp³-hybridized carbons (Fsp3) is 0.333. The van der Waals surface area contributed by atoms with Gasteiger partial charge in [-0.05, 0) is 54.8 Å². The number of hydrogen-bond acceptors (Lipinski definition) is 3. The first kappa shape index (κ1) is 16.6. The summed E-state index contributed by atoms with van der Waals surface area (Å²) < 4.78 is 10.9. The molecule has 0 saturated heterocycles. The summed E-state index contributed by atoms with van der Waals surface area (Å²) in [7, 11) is 3.82. The summed E-state index contributed by atoms with van der Waals surface area (Å²) in [5.74, 6) is 1.96. The predicted molar refractivity (Wildman–Crippen MR) is 98.6 cm³/mol. The van der Waals surface area contributed by atoms with Gasteiger partial charge in [0.05, 0.1) is 13.7 Å². The van der Waals surface area contributed by atoms with Crippen LogP contribution in [0.5, 0.6) is 11.5 Å². The molecule has 0 aliphatic carbocycles. The van der Waals surface area contributed by atoms with E-state index in [1.807, 2.05) is 12.1 Å². The van der Waals surface area contributed by atoms with Gasteiger partial charge in [0.2, 0.25) is 0 Å². The highest BCUT2D eigenvalue weighted by Crippen LogP contribution is 2.26. The summed E-state index contributed by atoms with van der Waals surface area (Å²) in [4.78, 5) is 2.30. The van der Waals surface area contributed by atoms with Crippen molar-refractivity contribution in [2.45, 2.75) is 19.4 Å². The zero-order chi connectivity index (χ0) is 16.8. The van der Waals surface area contributed by atoms with Gasteiger partial charge in [0.15, 0.2) is 0 Å². The number of ether oxygens (including phenoxy) is 2. The monoisotopic (exact) mass is 323 g/mol. The molecule has 0 radical (unpaired) electrons. The first-order valence-corrected chi connectivity index (χ1v) is 8.48. The lowest BCUT2D eigenvalue weighted by atomic mass is 10.0. The lowest BCUT2D eigenvalue weighted by molar-refractivity contribution is 0.287. The minimum atomic E-state index is 0.844. The molecule has 0 atom stereocenters. The third kappa shape index (κ3) is 4.39. The lowest BCUT2D eigenvalue weighted by Gasteiger charge is -2.20. The zero-order valence-electron chi connectivity index (χ0n) is 14.5. The molecule has 24 heavy (non-hydrogen) atoms. The Morgan fingerprint density at radius 1 is 1.17 bits per heavy atom. The molecular weight excluding hydrogens is 298 g/mol. The van der Waals surface area contributed by atoms with E-state index in [9.17, 15) is 0 Å². The molecular formula is C21H25NO2. The molecule has 0 N–H and O–H groups in total. The molecule has 0 unspecified atom stereocenters. The van der Waals surface area contributed by atoms with E-state index >= 15 is 0 Å². The van der Waals surface area contributed by atoms with Crippen molar-refractivity contribution in [1.29, 1.82) is 0 Å². The van der Waals surface area contributed by atoms with Gasteiger partial charge in [-0.15, -0.1) is 0 Å².